The van der Waals surface area contributed by atoms with E-state index >= 15 is 0 Å². The number of benzene rings is 1. The van der Waals surface area contributed by atoms with Crippen LogP contribution in [-0.4, -0.2) is 29.5 Å². The molecule has 22 heavy (non-hydrogen) atoms. The normalized spacial score (nSPS) is 10.6. The zero-order valence-corrected chi connectivity index (χ0v) is 13.7. The zero-order chi connectivity index (χ0) is 15.4. The lowest BCUT2D eigenvalue weighted by Crippen LogP contribution is -1.84. The Morgan fingerprint density at radius 3 is 2.77 bits per heavy atom. The van der Waals surface area contributed by atoms with Gasteiger partial charge in [-0.3, -0.25) is 0 Å². The van der Waals surface area contributed by atoms with E-state index in [4.69, 9.17) is 9.26 Å². The van der Waals surface area contributed by atoms with Crippen LogP contribution in [0.2, 0.25) is 0 Å². The first kappa shape index (κ1) is 14.9. The minimum atomic E-state index is 0.668. The number of ether oxygens (including phenoxy) is 1. The van der Waals surface area contributed by atoms with Crippen LogP contribution in [0.4, 0.5) is 5.13 Å². The van der Waals surface area contributed by atoms with E-state index in [0.717, 1.165) is 32.2 Å². The average Bonchev–Trinajstić information content (AvgIpc) is 3.22. The third-order valence-corrected chi connectivity index (χ3v) is 5.00. The van der Waals surface area contributed by atoms with Gasteiger partial charge in [0.25, 0.3) is 0 Å². The van der Waals surface area contributed by atoms with Crippen LogP contribution < -0.4 is 10.1 Å². The van der Waals surface area contributed by atoms with Crippen LogP contribution in [0.5, 0.6) is 5.75 Å². The van der Waals surface area contributed by atoms with Crippen molar-refractivity contribution in [2.45, 2.75) is 10.1 Å². The zero-order valence-electron chi connectivity index (χ0n) is 12.1. The number of hydrogen-bond donors (Lipinski definition) is 1. The van der Waals surface area contributed by atoms with Gasteiger partial charge in [-0.25, -0.2) is 0 Å². The fourth-order valence-electron chi connectivity index (χ4n) is 1.78. The summed E-state index contributed by atoms with van der Waals surface area (Å²) in [7, 11) is 3.47. The highest BCUT2D eigenvalue weighted by molar-refractivity contribution is 8.00. The minimum absolute atomic E-state index is 0.668. The number of nitrogens with zero attached hydrogens (tertiary/aromatic N) is 3. The van der Waals surface area contributed by atoms with Gasteiger partial charge < -0.3 is 14.6 Å². The first-order valence-corrected chi connectivity index (χ1v) is 8.33. The average molecular weight is 334 g/mol. The molecule has 0 aliphatic rings. The quantitative estimate of drug-likeness (QED) is 0.691. The van der Waals surface area contributed by atoms with Crippen LogP contribution in [0.3, 0.4) is 0 Å². The lowest BCUT2D eigenvalue weighted by molar-refractivity contribution is 0.397. The van der Waals surface area contributed by atoms with E-state index in [-0.39, 0.29) is 0 Å². The van der Waals surface area contributed by atoms with Crippen LogP contribution in [0.15, 0.2) is 39.2 Å². The lowest BCUT2D eigenvalue weighted by atomic mass is 10.1. The highest BCUT2D eigenvalue weighted by Crippen LogP contribution is 2.29. The molecule has 0 fully saturated rings. The van der Waals surface area contributed by atoms with E-state index in [2.05, 4.69) is 20.7 Å². The Labute approximate surface area is 135 Å². The number of nitrogens with one attached hydrogen (secondary N) is 1. The standard InChI is InChI=1S/C14H14N4O2S2/c1-15-13-16-17-14(22-13)21-8-11-7-12(18-20-11)9-3-5-10(19-2)6-4-9/h3-7H,8H2,1-2H3,(H,15,16). The Bertz CT molecular complexity index is 739. The van der Waals surface area contributed by atoms with Crippen LogP contribution >= 0.6 is 23.1 Å². The molecule has 0 amide bonds. The van der Waals surface area contributed by atoms with Gasteiger partial charge >= 0.3 is 0 Å². The van der Waals surface area contributed by atoms with E-state index in [0.29, 0.717) is 5.75 Å². The van der Waals surface area contributed by atoms with E-state index in [1.165, 1.54) is 11.3 Å². The summed E-state index contributed by atoms with van der Waals surface area (Å²) >= 11 is 3.09. The summed E-state index contributed by atoms with van der Waals surface area (Å²) in [4.78, 5) is 0. The summed E-state index contributed by atoms with van der Waals surface area (Å²) in [6.45, 7) is 0. The van der Waals surface area contributed by atoms with Crippen molar-refractivity contribution in [1.29, 1.82) is 0 Å². The molecule has 3 aromatic rings. The van der Waals surface area contributed by atoms with Gasteiger partial charge in [0.1, 0.15) is 17.2 Å². The third kappa shape index (κ3) is 3.40. The molecule has 8 heteroatoms. The first-order valence-electron chi connectivity index (χ1n) is 6.52. The van der Waals surface area contributed by atoms with Crippen LogP contribution in [-0.2, 0) is 5.75 Å². The summed E-state index contributed by atoms with van der Waals surface area (Å²) < 4.78 is 11.4. The number of anilines is 1. The van der Waals surface area contributed by atoms with E-state index in [9.17, 15) is 0 Å². The van der Waals surface area contributed by atoms with Gasteiger partial charge in [0.2, 0.25) is 5.13 Å². The number of hydrogen-bond acceptors (Lipinski definition) is 8. The Morgan fingerprint density at radius 2 is 2.09 bits per heavy atom. The van der Waals surface area contributed by atoms with Crippen molar-refractivity contribution < 1.29 is 9.26 Å². The van der Waals surface area contributed by atoms with Gasteiger partial charge in [-0.1, -0.05) is 28.3 Å². The molecule has 0 spiro atoms. The predicted octanol–water partition coefficient (Wildman–Crippen LogP) is 3.54. The highest BCUT2D eigenvalue weighted by Gasteiger charge is 2.09. The van der Waals surface area contributed by atoms with E-state index < -0.39 is 0 Å². The largest absolute Gasteiger partial charge is 0.497 e. The molecule has 114 valence electrons. The molecule has 2 heterocycles. The van der Waals surface area contributed by atoms with E-state index in [1.807, 2.05) is 37.4 Å². The number of rotatable bonds is 6. The maximum Gasteiger partial charge on any atom is 0.206 e. The Balaban J connectivity index is 1.65. The topological polar surface area (TPSA) is 73.1 Å². The van der Waals surface area contributed by atoms with Gasteiger partial charge in [0, 0.05) is 18.7 Å². The summed E-state index contributed by atoms with van der Waals surface area (Å²) in [5.74, 6) is 2.29. The maximum atomic E-state index is 5.37. The molecule has 1 aromatic carbocycles. The molecule has 6 nitrogen and oxygen atoms in total. The number of aromatic nitrogens is 3. The third-order valence-electron chi connectivity index (χ3n) is 2.90. The first-order chi connectivity index (χ1) is 10.8. The summed E-state index contributed by atoms with van der Waals surface area (Å²) in [5.41, 5.74) is 1.81. The molecule has 0 aliphatic carbocycles. The molecule has 1 N–H and O–H groups in total. The van der Waals surface area contributed by atoms with Crippen LogP contribution in [0.25, 0.3) is 11.3 Å². The van der Waals surface area contributed by atoms with Crippen molar-refractivity contribution in [3.05, 3.63) is 36.1 Å². The maximum absolute atomic E-state index is 5.37. The fourth-order valence-corrected chi connectivity index (χ4v) is 3.36. The summed E-state index contributed by atoms with van der Waals surface area (Å²) in [5, 5.41) is 15.9. The predicted molar refractivity (Wildman–Crippen MR) is 87.5 cm³/mol. The second-order valence-electron chi connectivity index (χ2n) is 4.32. The molecule has 0 radical (unpaired) electrons. The van der Waals surface area contributed by atoms with Gasteiger partial charge in [-0.15, -0.1) is 10.2 Å². The fraction of sp³-hybridized carbons (Fsp3) is 0.214. The van der Waals surface area contributed by atoms with Crippen molar-refractivity contribution >= 4 is 28.2 Å². The van der Waals surface area contributed by atoms with Gasteiger partial charge in [0.05, 0.1) is 12.9 Å². The van der Waals surface area contributed by atoms with Gasteiger partial charge in [0.15, 0.2) is 4.34 Å². The van der Waals surface area contributed by atoms with Crippen molar-refractivity contribution in [3.8, 4) is 17.0 Å². The van der Waals surface area contributed by atoms with Crippen molar-refractivity contribution in [2.24, 2.45) is 0 Å². The summed E-state index contributed by atoms with van der Waals surface area (Å²) in [6, 6.07) is 9.65. The smallest absolute Gasteiger partial charge is 0.206 e. The van der Waals surface area contributed by atoms with Crippen molar-refractivity contribution in [2.75, 3.05) is 19.5 Å². The molecule has 2 aromatic heterocycles. The number of methoxy groups -OCH3 is 1. The lowest BCUT2D eigenvalue weighted by Gasteiger charge is -1.99. The molecule has 0 unspecified atom stereocenters. The molecular formula is C14H14N4O2S2. The molecule has 0 atom stereocenters. The van der Waals surface area contributed by atoms with Gasteiger partial charge in [-0.05, 0) is 24.3 Å². The molecule has 0 saturated carbocycles. The molecule has 0 bridgehead atoms. The van der Waals surface area contributed by atoms with Crippen LogP contribution in [0, 0.1) is 0 Å². The second-order valence-corrected chi connectivity index (χ2v) is 6.52. The van der Waals surface area contributed by atoms with Crippen molar-refractivity contribution in [1.82, 2.24) is 15.4 Å². The second kappa shape index (κ2) is 6.80. The Kier molecular flexibility index (Phi) is 4.59. The number of thioether (sulfide) groups is 1. The highest BCUT2D eigenvalue weighted by atomic mass is 32.2. The molecule has 0 aliphatic heterocycles. The summed E-state index contributed by atoms with van der Waals surface area (Å²) in [6.07, 6.45) is 0. The van der Waals surface area contributed by atoms with Gasteiger partial charge in [-0.2, -0.15) is 0 Å². The van der Waals surface area contributed by atoms with Crippen molar-refractivity contribution in [3.63, 3.8) is 0 Å². The monoisotopic (exact) mass is 334 g/mol. The Hall–Kier alpha value is -2.06. The van der Waals surface area contributed by atoms with E-state index in [1.54, 1.807) is 18.9 Å². The molecule has 0 saturated heterocycles. The molecular weight excluding hydrogens is 320 g/mol. The molecule has 3 rings (SSSR count). The van der Waals surface area contributed by atoms with Crippen LogP contribution in [0.1, 0.15) is 5.76 Å². The SMILES string of the molecule is CNc1nnc(SCc2cc(-c3ccc(OC)cc3)no2)s1. The minimum Gasteiger partial charge on any atom is -0.497 e. The Morgan fingerprint density at radius 1 is 1.27 bits per heavy atom.